The molecule has 2 atom stereocenters. The average molecular weight is 422 g/mol. The first-order chi connectivity index (χ1) is 14.7. The zero-order valence-corrected chi connectivity index (χ0v) is 19.1. The monoisotopic (exact) mass is 421 g/mol. The van der Waals surface area contributed by atoms with Gasteiger partial charge < -0.3 is 21.1 Å². The van der Waals surface area contributed by atoms with Gasteiger partial charge in [0.25, 0.3) is 0 Å². The van der Waals surface area contributed by atoms with Gasteiger partial charge in [-0.15, -0.1) is 0 Å². The molecule has 1 fully saturated rings. The summed E-state index contributed by atoms with van der Waals surface area (Å²) in [4.78, 5) is 0. The summed E-state index contributed by atoms with van der Waals surface area (Å²) < 4.78 is 0. The molecule has 1 aromatic carbocycles. The Morgan fingerprint density at radius 1 is 1.19 bits per heavy atom. The number of phenolic OH excluding ortho intramolecular Hbond substituents is 1. The maximum absolute atomic E-state index is 10.4. The Labute approximate surface area is 185 Å². The first-order valence-electron chi connectivity index (χ1n) is 11.1. The van der Waals surface area contributed by atoms with Crippen molar-refractivity contribution in [3.63, 3.8) is 0 Å². The number of aromatic hydroxyl groups is 1. The molecule has 1 saturated heterocycles. The van der Waals surface area contributed by atoms with Crippen LogP contribution in [0.15, 0.2) is 42.6 Å². The van der Waals surface area contributed by atoms with Crippen LogP contribution in [0, 0.1) is 11.3 Å². The van der Waals surface area contributed by atoms with Crippen molar-refractivity contribution in [2.24, 2.45) is 5.92 Å². The van der Waals surface area contributed by atoms with Gasteiger partial charge in [-0.2, -0.15) is 10.2 Å². The van der Waals surface area contributed by atoms with Crippen molar-refractivity contribution in [2.45, 2.75) is 70.9 Å². The van der Waals surface area contributed by atoms with Gasteiger partial charge in [-0.25, -0.2) is 0 Å². The molecular formula is C25H35N5O. The highest BCUT2D eigenvalue weighted by atomic mass is 16.3. The summed E-state index contributed by atoms with van der Waals surface area (Å²) in [5, 5.41) is 33.2. The van der Waals surface area contributed by atoms with Crippen molar-refractivity contribution in [2.75, 3.05) is 5.32 Å². The van der Waals surface area contributed by atoms with Crippen molar-refractivity contribution >= 4 is 11.9 Å². The average Bonchev–Trinajstić information content (AvgIpc) is 2.67. The maximum Gasteiger partial charge on any atom is 0.127 e. The first-order valence-corrected chi connectivity index (χ1v) is 11.1. The van der Waals surface area contributed by atoms with E-state index < -0.39 is 0 Å². The van der Waals surface area contributed by atoms with Crippen LogP contribution in [0.3, 0.4) is 0 Å². The number of piperidine rings is 1. The van der Waals surface area contributed by atoms with Crippen LogP contribution in [0.1, 0.15) is 59.1 Å². The number of aromatic nitrogens is 2. The Balaban J connectivity index is 1.70. The second kappa shape index (κ2) is 9.60. The fourth-order valence-electron chi connectivity index (χ4n) is 5.15. The second-order valence-corrected chi connectivity index (χ2v) is 9.61. The molecule has 0 amide bonds. The topological polar surface area (TPSA) is 93.9 Å². The summed E-state index contributed by atoms with van der Waals surface area (Å²) in [6.07, 6.45) is 9.95. The first kappa shape index (κ1) is 22.9. The smallest absolute Gasteiger partial charge is 0.127 e. The minimum absolute atomic E-state index is 0.121. The molecule has 166 valence electrons. The lowest BCUT2D eigenvalue weighted by molar-refractivity contribution is 0.108. The minimum atomic E-state index is 0.121. The molecule has 31 heavy (non-hydrogen) atoms. The fourth-order valence-corrected chi connectivity index (χ4v) is 5.15. The van der Waals surface area contributed by atoms with Gasteiger partial charge in [-0.05, 0) is 82.7 Å². The molecule has 6 heteroatoms. The van der Waals surface area contributed by atoms with Crippen molar-refractivity contribution in [3.05, 3.63) is 48.3 Å². The summed E-state index contributed by atoms with van der Waals surface area (Å²) in [6, 6.07) is 9.31. The number of nitrogens with one attached hydrogen (secondary N) is 3. The molecule has 0 bridgehead atoms. The van der Waals surface area contributed by atoms with E-state index in [2.05, 4.69) is 48.5 Å². The predicted octanol–water partition coefficient (Wildman–Crippen LogP) is 5.30. The number of phenols is 1. The molecule has 0 saturated carbocycles. The molecule has 0 spiro atoms. The Bertz CT molecular complexity index is 922. The Morgan fingerprint density at radius 2 is 2.00 bits per heavy atom. The molecule has 1 aliphatic heterocycles. The van der Waals surface area contributed by atoms with E-state index in [1.54, 1.807) is 18.3 Å². The quantitative estimate of drug-likeness (QED) is 0.434. The number of hydrogen-bond donors (Lipinski definition) is 4. The minimum Gasteiger partial charge on any atom is -0.507 e. The van der Waals surface area contributed by atoms with Crippen molar-refractivity contribution in [3.8, 4) is 17.0 Å². The van der Waals surface area contributed by atoms with Crippen LogP contribution in [-0.4, -0.2) is 32.6 Å². The van der Waals surface area contributed by atoms with Crippen LogP contribution in [0.5, 0.6) is 5.75 Å². The van der Waals surface area contributed by atoms with E-state index in [4.69, 9.17) is 5.41 Å². The highest BCUT2D eigenvalue weighted by Gasteiger charge is 2.39. The van der Waals surface area contributed by atoms with Gasteiger partial charge in [0, 0.05) is 40.8 Å². The molecule has 3 rings (SSSR count). The van der Waals surface area contributed by atoms with E-state index in [0.29, 0.717) is 17.2 Å². The highest BCUT2D eigenvalue weighted by Crippen LogP contribution is 2.37. The van der Waals surface area contributed by atoms with Gasteiger partial charge in [-0.3, -0.25) is 0 Å². The van der Waals surface area contributed by atoms with Gasteiger partial charge in [0.2, 0.25) is 0 Å². The molecule has 1 aromatic heterocycles. The zero-order chi connectivity index (χ0) is 22.5. The van der Waals surface area contributed by atoms with E-state index in [1.807, 2.05) is 24.3 Å². The molecule has 1 aliphatic rings. The highest BCUT2D eigenvalue weighted by molar-refractivity contribution is 5.71. The lowest BCUT2D eigenvalue weighted by Crippen LogP contribution is -2.59. The molecule has 6 nitrogen and oxygen atoms in total. The number of rotatable bonds is 8. The van der Waals surface area contributed by atoms with Crippen LogP contribution in [0.4, 0.5) is 5.69 Å². The number of allylic oxidation sites excluding steroid dienone is 1. The van der Waals surface area contributed by atoms with Crippen molar-refractivity contribution in [1.29, 1.82) is 5.41 Å². The number of nitrogens with zero attached hydrogens (tertiary/aromatic N) is 2. The molecule has 0 aliphatic carbocycles. The largest absolute Gasteiger partial charge is 0.507 e. The van der Waals surface area contributed by atoms with Crippen LogP contribution in [-0.2, 0) is 6.42 Å². The zero-order valence-electron chi connectivity index (χ0n) is 19.1. The predicted molar refractivity (Wildman–Crippen MR) is 128 cm³/mol. The third-order valence-corrected chi connectivity index (χ3v) is 5.91. The summed E-state index contributed by atoms with van der Waals surface area (Å²) in [5.74, 6) is 0.714. The molecular weight excluding hydrogens is 386 g/mol. The third-order valence-electron chi connectivity index (χ3n) is 5.91. The van der Waals surface area contributed by atoms with Gasteiger partial charge in [0.15, 0.2) is 0 Å². The van der Waals surface area contributed by atoms with E-state index in [9.17, 15) is 5.11 Å². The SMILES string of the molecule is CCCC1(C)CC(Cc2ccc(-c3ccc(N/C=C\C=N)cc3O)nn2)CC(C)(C)N1. The summed E-state index contributed by atoms with van der Waals surface area (Å²) in [6.45, 7) is 9.19. The molecule has 0 radical (unpaired) electrons. The van der Waals surface area contributed by atoms with Gasteiger partial charge in [0.1, 0.15) is 5.75 Å². The van der Waals surface area contributed by atoms with Gasteiger partial charge in [0.05, 0.1) is 11.4 Å². The Kier molecular flexibility index (Phi) is 7.11. The van der Waals surface area contributed by atoms with Crippen LogP contribution in [0.25, 0.3) is 11.3 Å². The number of benzene rings is 1. The van der Waals surface area contributed by atoms with E-state index in [0.717, 1.165) is 30.6 Å². The van der Waals surface area contributed by atoms with E-state index in [-0.39, 0.29) is 16.8 Å². The summed E-state index contributed by atoms with van der Waals surface area (Å²) >= 11 is 0. The lowest BCUT2D eigenvalue weighted by Gasteiger charge is -2.48. The fraction of sp³-hybridized carbons (Fsp3) is 0.480. The van der Waals surface area contributed by atoms with Crippen LogP contribution < -0.4 is 10.6 Å². The summed E-state index contributed by atoms with van der Waals surface area (Å²) in [5.41, 5.74) is 3.34. The normalized spacial score (nSPS) is 23.0. The van der Waals surface area contributed by atoms with Gasteiger partial charge >= 0.3 is 0 Å². The number of anilines is 1. The Hall–Kier alpha value is -2.73. The molecule has 2 unspecified atom stereocenters. The second-order valence-electron chi connectivity index (χ2n) is 9.61. The van der Waals surface area contributed by atoms with Crippen LogP contribution >= 0.6 is 0 Å². The standard InChI is InChI=1S/C25H35N5O/c1-5-11-25(4)17-18(16-24(2,3)30-25)14-20-8-10-22(29-28-20)21-9-7-19(15-23(21)31)27-13-6-12-26/h6-10,12-13,15,18,26-27,30-31H,5,11,14,16-17H2,1-4H3/b13-6-,26-12?. The van der Waals surface area contributed by atoms with Crippen molar-refractivity contribution in [1.82, 2.24) is 15.5 Å². The van der Waals surface area contributed by atoms with E-state index in [1.165, 1.54) is 19.1 Å². The lowest BCUT2D eigenvalue weighted by atomic mass is 9.72. The summed E-state index contributed by atoms with van der Waals surface area (Å²) in [7, 11) is 0. The van der Waals surface area contributed by atoms with E-state index >= 15 is 0 Å². The van der Waals surface area contributed by atoms with Crippen LogP contribution in [0.2, 0.25) is 0 Å². The Morgan fingerprint density at radius 3 is 2.65 bits per heavy atom. The van der Waals surface area contributed by atoms with Crippen molar-refractivity contribution < 1.29 is 5.11 Å². The maximum atomic E-state index is 10.4. The molecule has 2 aromatic rings. The van der Waals surface area contributed by atoms with Gasteiger partial charge in [-0.1, -0.05) is 13.3 Å². The molecule has 2 heterocycles. The third kappa shape index (κ3) is 6.14. The number of hydrogen-bond acceptors (Lipinski definition) is 6. The molecule has 4 N–H and O–H groups in total.